The summed E-state index contributed by atoms with van der Waals surface area (Å²) in [6.45, 7) is 0. The molecule has 96 valence electrons. The van der Waals surface area contributed by atoms with Crippen LogP contribution in [-0.2, 0) is 0 Å². The van der Waals surface area contributed by atoms with E-state index in [0.29, 0.717) is 12.0 Å². The summed E-state index contributed by atoms with van der Waals surface area (Å²) in [4.78, 5) is 1.36. The standard InChI is InChI=1S/C13H21BrN2S/c14-11-8-9-17-13(11)12(16-15)10-6-4-2-1-3-5-7-10/h8-10,12,16H,1-7,15H2. The minimum absolute atomic E-state index is 0.322. The molecule has 0 radical (unpaired) electrons. The first-order chi connectivity index (χ1) is 8.33. The van der Waals surface area contributed by atoms with Gasteiger partial charge >= 0.3 is 0 Å². The van der Waals surface area contributed by atoms with Crippen molar-refractivity contribution in [3.63, 3.8) is 0 Å². The first-order valence-corrected chi connectivity index (χ1v) is 8.19. The maximum absolute atomic E-state index is 5.79. The molecule has 4 heteroatoms. The van der Waals surface area contributed by atoms with Gasteiger partial charge in [0, 0.05) is 9.35 Å². The first kappa shape index (κ1) is 13.5. The van der Waals surface area contributed by atoms with E-state index in [4.69, 9.17) is 5.84 Å². The second kappa shape index (κ2) is 6.88. The Morgan fingerprint density at radius 2 is 1.88 bits per heavy atom. The van der Waals surface area contributed by atoms with Crippen LogP contribution in [0.5, 0.6) is 0 Å². The fourth-order valence-electron chi connectivity index (χ4n) is 2.77. The maximum Gasteiger partial charge on any atom is 0.0592 e. The topological polar surface area (TPSA) is 38.0 Å². The third-order valence-corrected chi connectivity index (χ3v) is 5.68. The number of halogens is 1. The van der Waals surface area contributed by atoms with Crippen molar-refractivity contribution in [1.29, 1.82) is 0 Å². The van der Waals surface area contributed by atoms with Crippen LogP contribution in [0.25, 0.3) is 0 Å². The van der Waals surface area contributed by atoms with Crippen LogP contribution in [0, 0.1) is 5.92 Å². The fourth-order valence-corrected chi connectivity index (χ4v) is 4.55. The zero-order chi connectivity index (χ0) is 12.1. The SMILES string of the molecule is NNC(c1sccc1Br)C1CCCCCCC1. The van der Waals surface area contributed by atoms with Crippen LogP contribution in [0.3, 0.4) is 0 Å². The Balaban J connectivity index is 2.08. The molecule has 1 aliphatic carbocycles. The Bertz CT molecular complexity index is 332. The number of hydrogen-bond donors (Lipinski definition) is 2. The average Bonchev–Trinajstić information content (AvgIpc) is 2.69. The zero-order valence-corrected chi connectivity index (χ0v) is 12.5. The van der Waals surface area contributed by atoms with E-state index in [9.17, 15) is 0 Å². The van der Waals surface area contributed by atoms with E-state index < -0.39 is 0 Å². The normalized spacial score (nSPS) is 20.8. The van der Waals surface area contributed by atoms with Crippen molar-refractivity contribution in [2.75, 3.05) is 0 Å². The molecule has 0 saturated heterocycles. The molecule has 3 N–H and O–H groups in total. The van der Waals surface area contributed by atoms with Gasteiger partial charge in [0.1, 0.15) is 0 Å². The Hall–Kier alpha value is 0.100. The van der Waals surface area contributed by atoms with E-state index >= 15 is 0 Å². The Kier molecular flexibility index (Phi) is 5.48. The quantitative estimate of drug-likeness (QED) is 0.641. The summed E-state index contributed by atoms with van der Waals surface area (Å²) in [6.07, 6.45) is 9.50. The summed E-state index contributed by atoms with van der Waals surface area (Å²) in [5, 5.41) is 2.13. The number of nitrogens with two attached hydrogens (primary N) is 1. The molecule has 1 atom stereocenters. The molecule has 0 aliphatic heterocycles. The lowest BCUT2D eigenvalue weighted by molar-refractivity contribution is 0.293. The van der Waals surface area contributed by atoms with Crippen molar-refractivity contribution >= 4 is 27.3 Å². The van der Waals surface area contributed by atoms with Crippen LogP contribution in [0.15, 0.2) is 15.9 Å². The third kappa shape index (κ3) is 3.53. The van der Waals surface area contributed by atoms with Gasteiger partial charge in [0.15, 0.2) is 0 Å². The van der Waals surface area contributed by atoms with Gasteiger partial charge < -0.3 is 0 Å². The molecule has 2 rings (SSSR count). The number of thiophene rings is 1. The maximum atomic E-state index is 5.79. The lowest BCUT2D eigenvalue weighted by atomic mass is 9.85. The molecular formula is C13H21BrN2S. The van der Waals surface area contributed by atoms with Gasteiger partial charge in [-0.05, 0) is 46.1 Å². The highest BCUT2D eigenvalue weighted by atomic mass is 79.9. The molecule has 1 fully saturated rings. The van der Waals surface area contributed by atoms with Gasteiger partial charge in [0.25, 0.3) is 0 Å². The third-order valence-electron chi connectivity index (χ3n) is 3.73. The average molecular weight is 317 g/mol. The van der Waals surface area contributed by atoms with Crippen molar-refractivity contribution in [3.05, 3.63) is 20.8 Å². The number of hydrazine groups is 1. The van der Waals surface area contributed by atoms with E-state index in [0.717, 1.165) is 0 Å². The van der Waals surface area contributed by atoms with E-state index in [1.54, 1.807) is 11.3 Å². The van der Waals surface area contributed by atoms with Gasteiger partial charge in [-0.2, -0.15) is 0 Å². The van der Waals surface area contributed by atoms with Gasteiger partial charge in [0.2, 0.25) is 0 Å². The second-order valence-corrected chi connectivity index (χ2v) is 6.68. The van der Waals surface area contributed by atoms with Crippen molar-refractivity contribution in [2.45, 2.75) is 51.0 Å². The molecule has 17 heavy (non-hydrogen) atoms. The summed E-state index contributed by atoms with van der Waals surface area (Å²) >= 11 is 5.42. The summed E-state index contributed by atoms with van der Waals surface area (Å²) in [7, 11) is 0. The lowest BCUT2D eigenvalue weighted by Gasteiger charge is -2.27. The van der Waals surface area contributed by atoms with Crippen LogP contribution in [0.4, 0.5) is 0 Å². The number of nitrogens with one attached hydrogen (secondary N) is 1. The van der Waals surface area contributed by atoms with Crippen molar-refractivity contribution < 1.29 is 0 Å². The Morgan fingerprint density at radius 1 is 1.24 bits per heavy atom. The highest BCUT2D eigenvalue weighted by Crippen LogP contribution is 2.38. The van der Waals surface area contributed by atoms with Crippen LogP contribution >= 0.6 is 27.3 Å². The second-order valence-electron chi connectivity index (χ2n) is 4.88. The molecule has 2 nitrogen and oxygen atoms in total. The van der Waals surface area contributed by atoms with Crippen molar-refractivity contribution in [2.24, 2.45) is 11.8 Å². The van der Waals surface area contributed by atoms with Gasteiger partial charge in [-0.15, -0.1) is 11.3 Å². The summed E-state index contributed by atoms with van der Waals surface area (Å²) in [6, 6.07) is 2.44. The molecule has 1 saturated carbocycles. The van der Waals surface area contributed by atoms with E-state index in [2.05, 4.69) is 32.8 Å². The number of hydrogen-bond acceptors (Lipinski definition) is 3. The highest BCUT2D eigenvalue weighted by molar-refractivity contribution is 9.10. The molecule has 0 aromatic carbocycles. The van der Waals surface area contributed by atoms with Crippen molar-refractivity contribution in [1.82, 2.24) is 5.43 Å². The van der Waals surface area contributed by atoms with E-state index in [-0.39, 0.29) is 0 Å². The molecule has 1 aromatic heterocycles. The summed E-state index contributed by atoms with van der Waals surface area (Å²) < 4.78 is 1.20. The van der Waals surface area contributed by atoms with Gasteiger partial charge in [-0.1, -0.05) is 32.1 Å². The Morgan fingerprint density at radius 3 is 2.41 bits per heavy atom. The van der Waals surface area contributed by atoms with Gasteiger partial charge in [-0.25, -0.2) is 0 Å². The van der Waals surface area contributed by atoms with Crippen molar-refractivity contribution in [3.8, 4) is 0 Å². The summed E-state index contributed by atoms with van der Waals surface area (Å²) in [5.41, 5.74) is 3.04. The van der Waals surface area contributed by atoms with Gasteiger partial charge in [-0.3, -0.25) is 11.3 Å². The van der Waals surface area contributed by atoms with Crippen LogP contribution < -0.4 is 11.3 Å². The van der Waals surface area contributed by atoms with Crippen LogP contribution in [0.2, 0.25) is 0 Å². The largest absolute Gasteiger partial charge is 0.271 e. The van der Waals surface area contributed by atoms with E-state index in [1.807, 2.05) is 0 Å². The molecule has 1 aliphatic rings. The van der Waals surface area contributed by atoms with Crippen LogP contribution in [0.1, 0.15) is 55.9 Å². The highest BCUT2D eigenvalue weighted by Gasteiger charge is 2.25. The van der Waals surface area contributed by atoms with Gasteiger partial charge in [0.05, 0.1) is 6.04 Å². The monoisotopic (exact) mass is 316 g/mol. The first-order valence-electron chi connectivity index (χ1n) is 6.52. The molecule has 0 amide bonds. The minimum Gasteiger partial charge on any atom is -0.271 e. The molecule has 1 aromatic rings. The summed E-state index contributed by atoms with van der Waals surface area (Å²) in [5.74, 6) is 6.48. The zero-order valence-electron chi connectivity index (χ0n) is 10.1. The number of rotatable bonds is 3. The predicted molar refractivity (Wildman–Crippen MR) is 77.9 cm³/mol. The Labute approximate surface area is 116 Å². The van der Waals surface area contributed by atoms with E-state index in [1.165, 1.54) is 54.3 Å². The molecule has 0 spiro atoms. The van der Waals surface area contributed by atoms with Crippen LogP contribution in [-0.4, -0.2) is 0 Å². The smallest absolute Gasteiger partial charge is 0.0592 e. The molecule has 1 unspecified atom stereocenters. The fraction of sp³-hybridized carbons (Fsp3) is 0.692. The molecule has 0 bridgehead atoms. The molecular weight excluding hydrogens is 296 g/mol. The lowest BCUT2D eigenvalue weighted by Crippen LogP contribution is -2.33. The minimum atomic E-state index is 0.322. The molecule has 1 heterocycles. The predicted octanol–water partition coefficient (Wildman–Crippen LogP) is 4.38.